The Hall–Kier alpha value is -3.60. The Labute approximate surface area is 356 Å². The molecule has 0 aliphatic carbocycles. The molecule has 4 heterocycles. The van der Waals surface area contributed by atoms with E-state index >= 15 is 0 Å². The van der Waals surface area contributed by atoms with Gasteiger partial charge in [0.1, 0.15) is 0 Å². The van der Waals surface area contributed by atoms with E-state index in [2.05, 4.69) is 43.9 Å². The van der Waals surface area contributed by atoms with Crippen LogP contribution in [0.4, 0.5) is 26.3 Å². The SMILES string of the molecule is OCCN1CCN(C/C=C/C2c3ccccc3Sc3ccc(C(F)(F)F)cc32)CC1.OCCN1CCN(C/C=C\C2c3ccccc3Sc3ccc(C(F)(F)F)cc32)CC1. The van der Waals surface area contributed by atoms with Crippen LogP contribution in [0.2, 0.25) is 0 Å². The topological polar surface area (TPSA) is 53.4 Å². The molecule has 0 radical (unpaired) electrons. The van der Waals surface area contributed by atoms with Gasteiger partial charge in [0.15, 0.2) is 0 Å². The van der Waals surface area contributed by atoms with Crippen LogP contribution in [-0.2, 0) is 12.4 Å². The first-order chi connectivity index (χ1) is 28.9. The third kappa shape index (κ3) is 11.1. The molecule has 60 heavy (non-hydrogen) atoms. The van der Waals surface area contributed by atoms with Gasteiger partial charge >= 0.3 is 12.4 Å². The molecular weight excluding hydrogens is 819 g/mol. The van der Waals surface area contributed by atoms with Gasteiger partial charge in [0, 0.05) is 110 Å². The summed E-state index contributed by atoms with van der Waals surface area (Å²) in [4.78, 5) is 13.1. The highest BCUT2D eigenvalue weighted by Crippen LogP contribution is 2.49. The molecule has 2 unspecified atom stereocenters. The van der Waals surface area contributed by atoms with Crippen molar-refractivity contribution in [1.29, 1.82) is 0 Å². The van der Waals surface area contributed by atoms with E-state index in [-0.39, 0.29) is 25.0 Å². The molecule has 2 N–H and O–H groups in total. The molecule has 4 aromatic rings. The third-order valence-corrected chi connectivity index (χ3v) is 13.8. The lowest BCUT2D eigenvalue weighted by Gasteiger charge is -2.33. The highest BCUT2D eigenvalue weighted by Gasteiger charge is 2.35. The highest BCUT2D eigenvalue weighted by molar-refractivity contribution is 7.99. The van der Waals surface area contributed by atoms with Crippen LogP contribution in [0.1, 0.15) is 45.2 Å². The molecule has 0 amide bonds. The average molecular weight is 869 g/mol. The third-order valence-electron chi connectivity index (χ3n) is 11.4. The number of halogens is 6. The molecule has 14 heteroatoms. The maximum atomic E-state index is 13.3. The van der Waals surface area contributed by atoms with E-state index in [9.17, 15) is 26.3 Å². The van der Waals surface area contributed by atoms with E-state index < -0.39 is 23.5 Å². The van der Waals surface area contributed by atoms with Crippen LogP contribution in [0.5, 0.6) is 0 Å². The van der Waals surface area contributed by atoms with Crippen LogP contribution in [0.25, 0.3) is 0 Å². The van der Waals surface area contributed by atoms with Crippen LogP contribution in [0.15, 0.2) is 129 Å². The summed E-state index contributed by atoms with van der Waals surface area (Å²) in [6.07, 6.45) is -0.417. The van der Waals surface area contributed by atoms with Gasteiger partial charge in [-0.3, -0.25) is 19.6 Å². The minimum atomic E-state index is -4.35. The van der Waals surface area contributed by atoms with Crippen molar-refractivity contribution in [2.75, 3.05) is 91.8 Å². The van der Waals surface area contributed by atoms with Gasteiger partial charge in [-0.15, -0.1) is 0 Å². The second-order valence-corrected chi connectivity index (χ2v) is 17.5. The number of hydrogen-bond acceptors (Lipinski definition) is 8. The number of allylic oxidation sites excluding steroid dienone is 2. The molecule has 320 valence electrons. The number of rotatable bonds is 10. The number of piperazine rings is 2. The van der Waals surface area contributed by atoms with Crippen molar-refractivity contribution in [3.63, 3.8) is 0 Å². The Morgan fingerprint density at radius 3 is 1.20 bits per heavy atom. The fourth-order valence-electron chi connectivity index (χ4n) is 8.13. The number of aliphatic hydroxyl groups is 2. The van der Waals surface area contributed by atoms with Gasteiger partial charge in [-0.2, -0.15) is 26.3 Å². The van der Waals surface area contributed by atoms with E-state index in [0.29, 0.717) is 13.1 Å². The minimum Gasteiger partial charge on any atom is -0.395 e. The first-order valence-corrected chi connectivity index (χ1v) is 21.9. The van der Waals surface area contributed by atoms with Gasteiger partial charge in [-0.1, -0.05) is 84.2 Å². The highest BCUT2D eigenvalue weighted by atomic mass is 32.2. The summed E-state index contributed by atoms with van der Waals surface area (Å²) in [5.74, 6) is -0.370. The Morgan fingerprint density at radius 2 is 0.833 bits per heavy atom. The summed E-state index contributed by atoms with van der Waals surface area (Å²) in [5, 5.41) is 18.1. The molecular formula is C46H50F6N4O2S2. The molecule has 0 bridgehead atoms. The van der Waals surface area contributed by atoms with Gasteiger partial charge in [0.25, 0.3) is 0 Å². The number of hydrogen-bond donors (Lipinski definition) is 2. The van der Waals surface area contributed by atoms with E-state index in [1.54, 1.807) is 12.1 Å². The first kappa shape index (κ1) is 44.5. The number of β-amino-alcohol motifs (C(OH)–C–C–N with tert-alkyl or cyclic N) is 2. The predicted molar refractivity (Wildman–Crippen MR) is 226 cm³/mol. The van der Waals surface area contributed by atoms with Crippen molar-refractivity contribution in [3.8, 4) is 0 Å². The summed E-state index contributed by atoms with van der Waals surface area (Å²) in [7, 11) is 0. The van der Waals surface area contributed by atoms with Gasteiger partial charge in [-0.25, -0.2) is 0 Å². The Kier molecular flexibility index (Phi) is 14.9. The minimum absolute atomic E-state index is 0.179. The quantitative estimate of drug-likeness (QED) is 0.121. The molecule has 2 saturated heterocycles. The van der Waals surface area contributed by atoms with E-state index in [1.165, 1.54) is 47.8 Å². The summed E-state index contributed by atoms with van der Waals surface area (Å²) in [6, 6.07) is 24.0. The summed E-state index contributed by atoms with van der Waals surface area (Å²) in [6.45, 7) is 10.7. The first-order valence-electron chi connectivity index (χ1n) is 20.3. The molecule has 4 aliphatic rings. The molecule has 2 atom stereocenters. The van der Waals surface area contributed by atoms with Crippen molar-refractivity contribution in [2.45, 2.75) is 43.8 Å². The summed E-state index contributed by atoms with van der Waals surface area (Å²) >= 11 is 3.07. The summed E-state index contributed by atoms with van der Waals surface area (Å²) in [5.41, 5.74) is 2.35. The van der Waals surface area contributed by atoms with Crippen LogP contribution >= 0.6 is 23.5 Å². The second kappa shape index (κ2) is 20.1. The molecule has 8 rings (SSSR count). The van der Waals surface area contributed by atoms with Gasteiger partial charge in [-0.05, 0) is 70.8 Å². The normalized spacial score (nSPS) is 20.3. The Balaban J connectivity index is 0.000000181. The summed E-state index contributed by atoms with van der Waals surface area (Å²) < 4.78 is 79.9. The van der Waals surface area contributed by atoms with E-state index in [4.69, 9.17) is 10.2 Å². The average Bonchev–Trinajstić information content (AvgIpc) is 3.24. The number of alkyl halides is 6. The largest absolute Gasteiger partial charge is 0.416 e. The van der Waals surface area contributed by atoms with Crippen molar-refractivity contribution >= 4 is 23.5 Å². The molecule has 0 aromatic heterocycles. The smallest absolute Gasteiger partial charge is 0.395 e. The second-order valence-electron chi connectivity index (χ2n) is 15.3. The zero-order valence-corrected chi connectivity index (χ0v) is 34.8. The zero-order chi connectivity index (χ0) is 42.3. The van der Waals surface area contributed by atoms with E-state index in [1.807, 2.05) is 48.5 Å². The van der Waals surface area contributed by atoms with Crippen LogP contribution in [0, 0.1) is 0 Å². The molecule has 0 spiro atoms. The molecule has 6 nitrogen and oxygen atoms in total. The number of aliphatic hydroxyl groups excluding tert-OH is 2. The van der Waals surface area contributed by atoms with Crippen molar-refractivity contribution in [3.05, 3.63) is 143 Å². The predicted octanol–water partition coefficient (Wildman–Crippen LogP) is 8.94. The number of nitrogens with zero attached hydrogens (tertiary/aromatic N) is 4. The maximum absolute atomic E-state index is 13.3. The lowest BCUT2D eigenvalue weighted by molar-refractivity contribution is -0.138. The van der Waals surface area contributed by atoms with Crippen molar-refractivity contribution in [1.82, 2.24) is 19.6 Å². The maximum Gasteiger partial charge on any atom is 0.416 e. The zero-order valence-electron chi connectivity index (χ0n) is 33.2. The molecule has 2 fully saturated rings. The van der Waals surface area contributed by atoms with Crippen molar-refractivity contribution in [2.24, 2.45) is 0 Å². The van der Waals surface area contributed by atoms with E-state index in [0.717, 1.165) is 107 Å². The van der Waals surface area contributed by atoms with Crippen LogP contribution < -0.4 is 0 Å². The fraction of sp³-hybridized carbons (Fsp3) is 0.391. The Bertz CT molecular complexity index is 1960. The fourth-order valence-corrected chi connectivity index (χ4v) is 10.4. The Morgan fingerprint density at radius 1 is 0.483 bits per heavy atom. The van der Waals surface area contributed by atoms with Crippen LogP contribution in [0.3, 0.4) is 0 Å². The van der Waals surface area contributed by atoms with Gasteiger partial charge in [0.2, 0.25) is 0 Å². The monoisotopic (exact) mass is 868 g/mol. The van der Waals surface area contributed by atoms with Crippen molar-refractivity contribution < 1.29 is 36.6 Å². The molecule has 4 aromatic carbocycles. The van der Waals surface area contributed by atoms with Gasteiger partial charge < -0.3 is 10.2 Å². The number of fused-ring (bicyclic) bond motifs is 4. The standard InChI is InChI=1S/2C23H25F3N2OS/c2*24-23(25,26)17-7-8-22-20(16-17)18(19-4-1-2-6-21(19)30-22)5-3-9-27-10-12-28(13-11-27)14-15-29/h2*1-8,16,18,29H,9-15H2/b5-3+;5-3-. The number of benzene rings is 4. The molecule has 4 aliphatic heterocycles. The molecule has 0 saturated carbocycles. The lowest BCUT2D eigenvalue weighted by Crippen LogP contribution is -2.47. The van der Waals surface area contributed by atoms with Crippen LogP contribution in [-0.4, -0.2) is 122 Å². The lowest BCUT2D eigenvalue weighted by atomic mass is 9.89. The van der Waals surface area contributed by atoms with Gasteiger partial charge in [0.05, 0.1) is 24.3 Å².